The van der Waals surface area contributed by atoms with E-state index >= 15 is 0 Å². The zero-order valence-electron chi connectivity index (χ0n) is 18.7. The summed E-state index contributed by atoms with van der Waals surface area (Å²) in [5.74, 6) is -1.08. The number of aryl methyl sites for hydroxylation is 1. The van der Waals surface area contributed by atoms with Crippen LogP contribution in [0.2, 0.25) is 5.02 Å². The third kappa shape index (κ3) is 3.78. The van der Waals surface area contributed by atoms with E-state index in [2.05, 4.69) is 25.3 Å². The molecule has 0 bridgehead atoms. The number of benzene rings is 1. The van der Waals surface area contributed by atoms with Crippen LogP contribution in [0.4, 0.5) is 10.1 Å². The van der Waals surface area contributed by atoms with Crippen LogP contribution in [0.25, 0.3) is 16.6 Å². The van der Waals surface area contributed by atoms with Gasteiger partial charge in [-0.25, -0.2) is 9.50 Å². The lowest BCUT2D eigenvalue weighted by molar-refractivity contribution is 0.0957. The fraction of sp³-hybridized carbons (Fsp3) is 0.304. The van der Waals surface area contributed by atoms with Crippen LogP contribution in [0.5, 0.6) is 0 Å². The lowest BCUT2D eigenvalue weighted by atomic mass is 10.1. The highest BCUT2D eigenvalue weighted by Crippen LogP contribution is 2.28. The Labute approximate surface area is 199 Å². The van der Waals surface area contributed by atoms with Gasteiger partial charge in [0, 0.05) is 45.3 Å². The lowest BCUT2D eigenvalue weighted by Crippen LogP contribution is -2.46. The van der Waals surface area contributed by atoms with Gasteiger partial charge in [-0.05, 0) is 30.7 Å². The van der Waals surface area contributed by atoms with Gasteiger partial charge in [0.05, 0.1) is 27.9 Å². The predicted octanol–water partition coefficient (Wildman–Crippen LogP) is 2.35. The lowest BCUT2D eigenvalue weighted by Gasteiger charge is -2.36. The van der Waals surface area contributed by atoms with Crippen LogP contribution in [0.1, 0.15) is 21.6 Å². The molecule has 0 spiro atoms. The van der Waals surface area contributed by atoms with E-state index in [-0.39, 0.29) is 11.3 Å². The summed E-state index contributed by atoms with van der Waals surface area (Å²) >= 11 is 6.70. The van der Waals surface area contributed by atoms with Crippen molar-refractivity contribution in [3.05, 3.63) is 68.6 Å². The predicted molar refractivity (Wildman–Crippen MR) is 128 cm³/mol. The summed E-state index contributed by atoms with van der Waals surface area (Å²) < 4.78 is 16.1. The van der Waals surface area contributed by atoms with Gasteiger partial charge in [-0.1, -0.05) is 17.7 Å². The number of nitrogens with one attached hydrogen (secondary N) is 2. The summed E-state index contributed by atoms with van der Waals surface area (Å²) in [6, 6.07) is 6.98. The molecule has 1 aliphatic rings. The minimum atomic E-state index is -0.656. The van der Waals surface area contributed by atoms with Crippen LogP contribution < -0.4 is 15.8 Å². The first-order chi connectivity index (χ1) is 16.4. The summed E-state index contributed by atoms with van der Waals surface area (Å²) in [5.41, 5.74) is 3.71. The number of piperazine rings is 1. The molecule has 4 heterocycles. The number of carbonyl (C=O) groups excluding carboxylic acids is 1. The molecule has 176 valence electrons. The summed E-state index contributed by atoms with van der Waals surface area (Å²) in [6.07, 6.45) is 1.66. The third-order valence-corrected chi connectivity index (χ3v) is 6.66. The fourth-order valence-corrected chi connectivity index (χ4v) is 4.66. The largest absolute Gasteiger partial charge is 0.365 e. The zero-order chi connectivity index (χ0) is 24.0. The van der Waals surface area contributed by atoms with Crippen LogP contribution in [-0.2, 0) is 6.54 Å². The quantitative estimate of drug-likeness (QED) is 0.432. The molecule has 34 heavy (non-hydrogen) atoms. The molecule has 5 rings (SSSR count). The van der Waals surface area contributed by atoms with Crippen molar-refractivity contribution in [2.24, 2.45) is 0 Å². The highest BCUT2D eigenvalue weighted by molar-refractivity contribution is 6.35. The zero-order valence-corrected chi connectivity index (χ0v) is 19.5. The Morgan fingerprint density at radius 2 is 1.97 bits per heavy atom. The van der Waals surface area contributed by atoms with Crippen molar-refractivity contribution in [1.29, 1.82) is 0 Å². The SMILES string of the molecule is CNC(=O)c1ccc(N2CCN(Cc3ccc4c([nH]c(=O)c5c(C)cnn54)c3Cl)CC2)c(F)n1. The van der Waals surface area contributed by atoms with E-state index in [1.54, 1.807) is 16.8 Å². The van der Waals surface area contributed by atoms with E-state index in [1.807, 2.05) is 24.0 Å². The molecule has 4 aromatic rings. The van der Waals surface area contributed by atoms with Crippen molar-refractivity contribution < 1.29 is 9.18 Å². The Hall–Kier alpha value is -3.50. The number of hydrogen-bond donors (Lipinski definition) is 2. The van der Waals surface area contributed by atoms with Gasteiger partial charge in [0.25, 0.3) is 11.5 Å². The van der Waals surface area contributed by atoms with E-state index < -0.39 is 11.9 Å². The molecule has 1 amide bonds. The Balaban J connectivity index is 1.32. The molecule has 0 aliphatic carbocycles. The first-order valence-corrected chi connectivity index (χ1v) is 11.3. The van der Waals surface area contributed by atoms with Crippen molar-refractivity contribution in [3.63, 3.8) is 0 Å². The minimum absolute atomic E-state index is 0.0499. The summed E-state index contributed by atoms with van der Waals surface area (Å²) in [6.45, 7) is 5.03. The first kappa shape index (κ1) is 22.3. The molecule has 9 nitrogen and oxygen atoms in total. The molecule has 2 N–H and O–H groups in total. The van der Waals surface area contributed by atoms with Gasteiger partial charge in [0.1, 0.15) is 11.2 Å². The first-order valence-electron chi connectivity index (χ1n) is 10.9. The average Bonchev–Trinajstić information content (AvgIpc) is 3.23. The maximum Gasteiger partial charge on any atom is 0.274 e. The van der Waals surface area contributed by atoms with Crippen LogP contribution in [-0.4, -0.2) is 63.6 Å². The molecule has 1 aliphatic heterocycles. The molecule has 11 heteroatoms. The molecule has 0 radical (unpaired) electrons. The Morgan fingerprint density at radius 3 is 2.68 bits per heavy atom. The Kier molecular flexibility index (Phi) is 5.70. The van der Waals surface area contributed by atoms with E-state index in [0.717, 1.165) is 16.6 Å². The van der Waals surface area contributed by atoms with E-state index in [9.17, 15) is 14.0 Å². The second-order valence-corrected chi connectivity index (χ2v) is 8.70. The number of hydrogen-bond acceptors (Lipinski definition) is 6. The van der Waals surface area contributed by atoms with Gasteiger partial charge in [-0.2, -0.15) is 9.49 Å². The number of fused-ring (bicyclic) bond motifs is 3. The normalized spacial score (nSPS) is 14.8. The third-order valence-electron chi connectivity index (χ3n) is 6.23. The van der Waals surface area contributed by atoms with Crippen molar-refractivity contribution in [3.8, 4) is 0 Å². The van der Waals surface area contributed by atoms with Crippen LogP contribution >= 0.6 is 11.6 Å². The minimum Gasteiger partial charge on any atom is -0.365 e. The van der Waals surface area contributed by atoms with E-state index in [1.165, 1.54) is 13.1 Å². The molecule has 0 unspecified atom stereocenters. The van der Waals surface area contributed by atoms with Crippen LogP contribution in [0.3, 0.4) is 0 Å². The Morgan fingerprint density at radius 1 is 1.21 bits per heavy atom. The summed E-state index contributed by atoms with van der Waals surface area (Å²) in [4.78, 5) is 35.1. The summed E-state index contributed by atoms with van der Waals surface area (Å²) in [5, 5.41) is 7.26. The van der Waals surface area contributed by atoms with Crippen molar-refractivity contribution in [1.82, 2.24) is 29.8 Å². The molecule has 1 saturated heterocycles. The smallest absolute Gasteiger partial charge is 0.274 e. The Bertz CT molecular complexity index is 1470. The van der Waals surface area contributed by atoms with Gasteiger partial charge >= 0.3 is 0 Å². The van der Waals surface area contributed by atoms with Gasteiger partial charge < -0.3 is 15.2 Å². The highest BCUT2D eigenvalue weighted by atomic mass is 35.5. The monoisotopic (exact) mass is 483 g/mol. The molecule has 0 atom stereocenters. The maximum absolute atomic E-state index is 14.5. The van der Waals surface area contributed by atoms with Crippen LogP contribution in [0, 0.1) is 12.9 Å². The number of amides is 1. The molecule has 3 aromatic heterocycles. The number of aromatic nitrogens is 4. The fourth-order valence-electron chi connectivity index (χ4n) is 4.39. The topological polar surface area (TPSA) is 98.6 Å². The van der Waals surface area contributed by atoms with Gasteiger partial charge in [-0.3, -0.25) is 14.5 Å². The number of pyridine rings is 1. The average molecular weight is 484 g/mol. The van der Waals surface area contributed by atoms with Gasteiger partial charge in [-0.15, -0.1) is 0 Å². The number of H-pyrrole nitrogens is 1. The molecule has 1 aromatic carbocycles. The number of anilines is 1. The standard InChI is InChI=1S/C23H23ClFN7O2/c1-13-11-27-32-16-5-3-14(18(24)19(16)29-23(34)20(13)32)12-30-7-9-31(10-8-30)17-6-4-15(22(33)26-2)28-21(17)25/h3-6,11H,7-10,12H2,1-2H3,(H,26,33)(H,29,34). The molecular weight excluding hydrogens is 461 g/mol. The molecule has 0 saturated carbocycles. The molecule has 1 fully saturated rings. The number of rotatable bonds is 4. The number of aromatic amines is 1. The van der Waals surface area contributed by atoms with E-state index in [0.29, 0.717) is 54.5 Å². The summed E-state index contributed by atoms with van der Waals surface area (Å²) in [7, 11) is 1.48. The van der Waals surface area contributed by atoms with Gasteiger partial charge in [0.15, 0.2) is 0 Å². The van der Waals surface area contributed by atoms with Crippen LogP contribution in [0.15, 0.2) is 35.3 Å². The number of carbonyl (C=O) groups is 1. The highest BCUT2D eigenvalue weighted by Gasteiger charge is 2.22. The van der Waals surface area contributed by atoms with Crippen molar-refractivity contribution >= 4 is 39.7 Å². The van der Waals surface area contributed by atoms with Gasteiger partial charge in [0.2, 0.25) is 5.95 Å². The van der Waals surface area contributed by atoms with Crippen molar-refractivity contribution in [2.45, 2.75) is 13.5 Å². The maximum atomic E-state index is 14.5. The second kappa shape index (κ2) is 8.69. The van der Waals surface area contributed by atoms with Crippen molar-refractivity contribution in [2.75, 3.05) is 38.1 Å². The number of halogens is 2. The number of nitrogens with zero attached hydrogens (tertiary/aromatic N) is 5. The van der Waals surface area contributed by atoms with E-state index in [4.69, 9.17) is 11.6 Å². The molecular formula is C23H23ClFN7O2. The second-order valence-electron chi connectivity index (χ2n) is 8.32.